The predicted molar refractivity (Wildman–Crippen MR) is 136 cm³/mol. The summed E-state index contributed by atoms with van der Waals surface area (Å²) >= 11 is 0. The fraction of sp³-hybridized carbons (Fsp3) is 0.720. The average Bonchev–Trinajstić information content (AvgIpc) is 2.85. The molecule has 35 heavy (non-hydrogen) atoms. The van der Waals surface area contributed by atoms with Crippen molar-refractivity contribution in [3.05, 3.63) is 23.3 Å². The number of hydrogen-bond donors (Lipinski definition) is 1. The van der Waals surface area contributed by atoms with Crippen LogP contribution in [0.1, 0.15) is 36.8 Å². The van der Waals surface area contributed by atoms with Crippen LogP contribution in [0.25, 0.3) is 0 Å². The Hall–Kier alpha value is -1.72. The highest BCUT2D eigenvalue weighted by Gasteiger charge is 2.31. The number of carbonyl (C=O) groups excluding carboxylic acids is 1. The predicted octanol–water partition coefficient (Wildman–Crippen LogP) is 1.62. The Balaban J connectivity index is 1.47. The van der Waals surface area contributed by atoms with Crippen LogP contribution < -0.4 is 10.1 Å². The average molecular weight is 511 g/mol. The molecule has 198 valence electrons. The smallest absolute Gasteiger partial charge is 0.248 e. The minimum Gasteiger partial charge on any atom is -0.497 e. The quantitative estimate of drug-likeness (QED) is 0.479. The topological polar surface area (TPSA) is 91.4 Å². The fourth-order valence-electron chi connectivity index (χ4n) is 5.24. The van der Waals surface area contributed by atoms with Crippen molar-refractivity contribution in [1.82, 2.24) is 19.4 Å². The summed E-state index contributed by atoms with van der Waals surface area (Å²) in [5.41, 5.74) is 1.27. The standard InChI is InChI=1S/C25H42N4O5S/c1-19-15-23(33-5)16-20(2)25(19)35(31,32)27(3)13-14-34-18-24(30)28(4)21-7-6-8-22(17-21)29-11-9-26-10-12-29/h15-16,21-22,26H,6-14,17-18H2,1-5H3/t21-,22+/m1/s1. The van der Waals surface area contributed by atoms with Crippen molar-refractivity contribution in [1.29, 1.82) is 0 Å². The van der Waals surface area contributed by atoms with Crippen molar-refractivity contribution in [2.24, 2.45) is 0 Å². The molecule has 2 atom stereocenters. The van der Waals surface area contributed by atoms with Gasteiger partial charge in [0.25, 0.3) is 0 Å². The number of hydrogen-bond acceptors (Lipinski definition) is 7. The van der Waals surface area contributed by atoms with Crippen molar-refractivity contribution in [2.45, 2.75) is 56.5 Å². The van der Waals surface area contributed by atoms with E-state index in [0.29, 0.717) is 22.9 Å². The fourth-order valence-corrected chi connectivity index (χ4v) is 6.80. The minimum atomic E-state index is -3.68. The third-order valence-corrected chi connectivity index (χ3v) is 9.50. The molecule has 3 rings (SSSR count). The second kappa shape index (κ2) is 12.5. The number of amides is 1. The Kier molecular flexibility index (Phi) is 9.94. The number of piperazine rings is 1. The first kappa shape index (κ1) is 27.9. The highest BCUT2D eigenvalue weighted by Crippen LogP contribution is 2.28. The van der Waals surface area contributed by atoms with Crippen LogP contribution in [0.4, 0.5) is 0 Å². The van der Waals surface area contributed by atoms with Gasteiger partial charge in [0.2, 0.25) is 15.9 Å². The number of nitrogens with zero attached hydrogens (tertiary/aromatic N) is 3. The molecule has 0 bridgehead atoms. The zero-order valence-electron chi connectivity index (χ0n) is 21.9. The summed E-state index contributed by atoms with van der Waals surface area (Å²) in [6.45, 7) is 8.01. The van der Waals surface area contributed by atoms with Gasteiger partial charge in [0.15, 0.2) is 0 Å². The summed E-state index contributed by atoms with van der Waals surface area (Å²) in [6, 6.07) is 4.20. The first-order valence-corrected chi connectivity index (χ1v) is 14.0. The van der Waals surface area contributed by atoms with Gasteiger partial charge in [0.1, 0.15) is 12.4 Å². The summed E-state index contributed by atoms with van der Waals surface area (Å²) in [4.78, 5) is 17.4. The third-order valence-electron chi connectivity index (χ3n) is 7.34. The van der Waals surface area contributed by atoms with E-state index in [1.807, 2.05) is 11.9 Å². The van der Waals surface area contributed by atoms with E-state index in [1.165, 1.54) is 17.8 Å². The zero-order chi connectivity index (χ0) is 25.6. The first-order chi connectivity index (χ1) is 16.6. The van der Waals surface area contributed by atoms with Crippen LogP contribution in [0.3, 0.4) is 0 Å². The second-order valence-electron chi connectivity index (χ2n) is 9.73. The Bertz CT molecular complexity index is 942. The molecule has 1 aliphatic heterocycles. The number of methoxy groups -OCH3 is 1. The molecule has 10 heteroatoms. The van der Waals surface area contributed by atoms with E-state index in [2.05, 4.69) is 10.2 Å². The van der Waals surface area contributed by atoms with Gasteiger partial charge in [0.05, 0.1) is 18.6 Å². The lowest BCUT2D eigenvalue weighted by Crippen LogP contribution is -2.52. The number of carbonyl (C=O) groups is 1. The summed E-state index contributed by atoms with van der Waals surface area (Å²) in [5, 5.41) is 3.40. The van der Waals surface area contributed by atoms with Gasteiger partial charge in [-0.05, 0) is 62.8 Å². The van der Waals surface area contributed by atoms with Crippen LogP contribution >= 0.6 is 0 Å². The molecule has 1 aliphatic carbocycles. The molecule has 0 unspecified atom stereocenters. The van der Waals surface area contributed by atoms with Gasteiger partial charge in [-0.2, -0.15) is 4.31 Å². The molecule has 9 nitrogen and oxygen atoms in total. The molecule has 0 radical (unpaired) electrons. The van der Waals surface area contributed by atoms with Gasteiger partial charge in [-0.3, -0.25) is 9.69 Å². The molecule has 1 saturated heterocycles. The van der Waals surface area contributed by atoms with Crippen LogP contribution in [-0.2, 0) is 19.6 Å². The molecule has 1 saturated carbocycles. The summed E-state index contributed by atoms with van der Waals surface area (Å²) in [5.74, 6) is 0.577. The van der Waals surface area contributed by atoms with E-state index in [9.17, 15) is 13.2 Å². The van der Waals surface area contributed by atoms with Crippen LogP contribution in [0.2, 0.25) is 0 Å². The number of benzene rings is 1. The van der Waals surface area contributed by atoms with E-state index < -0.39 is 10.0 Å². The molecule has 0 spiro atoms. The number of nitrogens with one attached hydrogen (secondary N) is 1. The van der Waals surface area contributed by atoms with Crippen molar-refractivity contribution in [3.63, 3.8) is 0 Å². The Labute approximate surface area is 210 Å². The van der Waals surface area contributed by atoms with Crippen LogP contribution in [-0.4, -0.2) is 108 Å². The monoisotopic (exact) mass is 510 g/mol. The molecule has 1 heterocycles. The number of rotatable bonds is 10. The molecular formula is C25H42N4O5S. The SMILES string of the molecule is COc1cc(C)c(S(=O)(=O)N(C)CCOCC(=O)N(C)[C@@H]2CCC[C@H](N3CCNCC3)C2)c(C)c1. The van der Waals surface area contributed by atoms with Gasteiger partial charge in [-0.1, -0.05) is 0 Å². The molecule has 1 N–H and O–H groups in total. The van der Waals surface area contributed by atoms with E-state index in [-0.39, 0.29) is 36.6 Å². The molecule has 2 fully saturated rings. The molecule has 1 amide bonds. The Morgan fingerprint density at radius 3 is 2.43 bits per heavy atom. The minimum absolute atomic E-state index is 0.0419. The van der Waals surface area contributed by atoms with Crippen molar-refractivity contribution in [3.8, 4) is 5.75 Å². The van der Waals surface area contributed by atoms with Gasteiger partial charge < -0.3 is 19.7 Å². The van der Waals surface area contributed by atoms with Crippen LogP contribution in [0.15, 0.2) is 17.0 Å². The van der Waals surface area contributed by atoms with E-state index in [1.54, 1.807) is 33.1 Å². The number of likely N-dealkylation sites (N-methyl/N-ethyl adjacent to an activating group) is 2. The van der Waals surface area contributed by atoms with E-state index in [0.717, 1.165) is 45.4 Å². The molecule has 2 aliphatic rings. The van der Waals surface area contributed by atoms with E-state index >= 15 is 0 Å². The van der Waals surface area contributed by atoms with Gasteiger partial charge >= 0.3 is 0 Å². The first-order valence-electron chi connectivity index (χ1n) is 12.5. The lowest BCUT2D eigenvalue weighted by Gasteiger charge is -2.42. The lowest BCUT2D eigenvalue weighted by molar-refractivity contribution is -0.138. The lowest BCUT2D eigenvalue weighted by atomic mass is 9.88. The van der Waals surface area contributed by atoms with Gasteiger partial charge in [-0.25, -0.2) is 8.42 Å². The third kappa shape index (κ3) is 6.95. The molecule has 1 aromatic rings. The second-order valence-corrected chi connectivity index (χ2v) is 11.7. The largest absolute Gasteiger partial charge is 0.497 e. The van der Waals surface area contributed by atoms with Gasteiger partial charge in [-0.15, -0.1) is 0 Å². The van der Waals surface area contributed by atoms with Crippen LogP contribution in [0.5, 0.6) is 5.75 Å². The normalized spacial score (nSPS) is 21.8. The molecule has 1 aromatic carbocycles. The maximum Gasteiger partial charge on any atom is 0.248 e. The maximum atomic E-state index is 13.1. The summed E-state index contributed by atoms with van der Waals surface area (Å²) < 4.78 is 38.4. The van der Waals surface area contributed by atoms with E-state index in [4.69, 9.17) is 9.47 Å². The number of ether oxygens (including phenoxy) is 2. The van der Waals surface area contributed by atoms with Crippen molar-refractivity contribution < 1.29 is 22.7 Å². The summed E-state index contributed by atoms with van der Waals surface area (Å²) in [7, 11) is 1.28. The Morgan fingerprint density at radius 2 is 1.80 bits per heavy atom. The number of aryl methyl sites for hydroxylation is 2. The zero-order valence-corrected chi connectivity index (χ0v) is 22.7. The summed E-state index contributed by atoms with van der Waals surface area (Å²) in [6.07, 6.45) is 4.35. The van der Waals surface area contributed by atoms with Crippen LogP contribution in [0, 0.1) is 13.8 Å². The molecule has 0 aromatic heterocycles. The van der Waals surface area contributed by atoms with Crippen molar-refractivity contribution >= 4 is 15.9 Å². The molecular weight excluding hydrogens is 468 g/mol. The highest BCUT2D eigenvalue weighted by atomic mass is 32.2. The highest BCUT2D eigenvalue weighted by molar-refractivity contribution is 7.89. The van der Waals surface area contributed by atoms with Crippen molar-refractivity contribution in [2.75, 3.05) is 67.1 Å². The maximum absolute atomic E-state index is 13.1. The van der Waals surface area contributed by atoms with Gasteiger partial charge in [0, 0.05) is 58.9 Å². The number of sulfonamides is 1. The Morgan fingerprint density at radius 1 is 1.14 bits per heavy atom.